The smallest absolute Gasteiger partial charge is 0.320 e. The maximum absolute atomic E-state index is 11.5. The molecule has 0 radical (unpaired) electrons. The Hall–Kier alpha value is -1.03. The number of benzene rings is 1. The molecule has 5 heteroatoms. The van der Waals surface area contributed by atoms with Crippen LogP contribution in [-0.2, 0) is 16.1 Å². The van der Waals surface area contributed by atoms with E-state index >= 15 is 0 Å². The van der Waals surface area contributed by atoms with E-state index < -0.39 is 0 Å². The molecule has 0 aromatic heterocycles. The normalized spacial score (nSPS) is 10.5. The minimum Gasteiger partial charge on any atom is -0.465 e. The molecule has 0 N–H and O–H groups in total. The number of hydrogen-bond acceptors (Lipinski definition) is 3. The van der Waals surface area contributed by atoms with Gasteiger partial charge in [0.1, 0.15) is 0 Å². The summed E-state index contributed by atoms with van der Waals surface area (Å²) < 4.78 is 4.94. The van der Waals surface area contributed by atoms with Crippen LogP contribution in [0.3, 0.4) is 0 Å². The second-order valence-electron chi connectivity index (χ2n) is 4.01. The Morgan fingerprint density at radius 1 is 1.42 bits per heavy atom. The molecule has 0 saturated carbocycles. The number of esters is 1. The molecule has 1 aromatic rings. The minimum absolute atomic E-state index is 0.222. The van der Waals surface area contributed by atoms with Crippen molar-refractivity contribution in [3.05, 3.63) is 46.5 Å². The SMILES string of the molecule is C=CCN(CC(=O)OCC)Cc1ccc(Cl)c(Cl)c1. The van der Waals surface area contributed by atoms with Crippen LogP contribution >= 0.6 is 23.2 Å². The summed E-state index contributed by atoms with van der Waals surface area (Å²) in [5, 5.41) is 1.03. The van der Waals surface area contributed by atoms with Gasteiger partial charge < -0.3 is 4.74 Å². The Morgan fingerprint density at radius 3 is 2.74 bits per heavy atom. The van der Waals surface area contributed by atoms with Gasteiger partial charge in [-0.05, 0) is 24.6 Å². The van der Waals surface area contributed by atoms with E-state index in [4.69, 9.17) is 27.9 Å². The first-order chi connectivity index (χ1) is 9.06. The molecule has 1 aromatic carbocycles. The molecule has 0 amide bonds. The molecule has 0 bridgehead atoms. The van der Waals surface area contributed by atoms with E-state index in [1.54, 1.807) is 25.1 Å². The summed E-state index contributed by atoms with van der Waals surface area (Å²) in [5.41, 5.74) is 0.987. The van der Waals surface area contributed by atoms with E-state index in [-0.39, 0.29) is 12.5 Å². The first-order valence-electron chi connectivity index (χ1n) is 5.99. The van der Waals surface area contributed by atoms with Crippen LogP contribution in [-0.4, -0.2) is 30.6 Å². The Kier molecular flexibility index (Phi) is 6.92. The fourth-order valence-electron chi connectivity index (χ4n) is 1.65. The second kappa shape index (κ2) is 8.20. The molecule has 0 saturated heterocycles. The predicted octanol–water partition coefficient (Wildman–Crippen LogP) is 3.54. The van der Waals surface area contributed by atoms with Crippen molar-refractivity contribution in [3.63, 3.8) is 0 Å². The number of rotatable bonds is 7. The second-order valence-corrected chi connectivity index (χ2v) is 4.83. The van der Waals surface area contributed by atoms with Gasteiger partial charge in [-0.1, -0.05) is 35.3 Å². The summed E-state index contributed by atoms with van der Waals surface area (Å²) >= 11 is 11.8. The average Bonchev–Trinajstić information content (AvgIpc) is 2.34. The quantitative estimate of drug-likeness (QED) is 0.570. The number of halogens is 2. The number of carbonyl (C=O) groups excluding carboxylic acids is 1. The highest BCUT2D eigenvalue weighted by atomic mass is 35.5. The summed E-state index contributed by atoms with van der Waals surface area (Å²) in [7, 11) is 0. The predicted molar refractivity (Wildman–Crippen MR) is 78.6 cm³/mol. The van der Waals surface area contributed by atoms with Crippen molar-refractivity contribution in [3.8, 4) is 0 Å². The van der Waals surface area contributed by atoms with Gasteiger partial charge in [0.2, 0.25) is 0 Å². The topological polar surface area (TPSA) is 29.5 Å². The van der Waals surface area contributed by atoms with Crippen LogP contribution < -0.4 is 0 Å². The molecule has 19 heavy (non-hydrogen) atoms. The van der Waals surface area contributed by atoms with Gasteiger partial charge in [0.05, 0.1) is 23.2 Å². The molecule has 0 aliphatic rings. The van der Waals surface area contributed by atoms with Crippen LogP contribution in [0.1, 0.15) is 12.5 Å². The van der Waals surface area contributed by atoms with Crippen LogP contribution in [0.2, 0.25) is 10.0 Å². The van der Waals surface area contributed by atoms with E-state index in [0.717, 1.165) is 5.56 Å². The van der Waals surface area contributed by atoms with Crippen LogP contribution in [0.5, 0.6) is 0 Å². The van der Waals surface area contributed by atoms with Crippen molar-refractivity contribution in [2.45, 2.75) is 13.5 Å². The lowest BCUT2D eigenvalue weighted by atomic mass is 10.2. The minimum atomic E-state index is -0.246. The molecule has 0 unspecified atom stereocenters. The molecule has 0 heterocycles. The first-order valence-corrected chi connectivity index (χ1v) is 6.75. The molecule has 0 atom stereocenters. The molecule has 1 rings (SSSR count). The Bertz CT molecular complexity index is 449. The van der Waals surface area contributed by atoms with E-state index in [1.165, 1.54) is 0 Å². The van der Waals surface area contributed by atoms with Crippen molar-refractivity contribution in [1.29, 1.82) is 0 Å². The third-order valence-corrected chi connectivity index (χ3v) is 3.17. The number of hydrogen-bond donors (Lipinski definition) is 0. The summed E-state index contributed by atoms with van der Waals surface area (Å²) in [6.45, 7) is 7.26. The fraction of sp³-hybridized carbons (Fsp3) is 0.357. The zero-order valence-corrected chi connectivity index (χ0v) is 12.4. The van der Waals surface area contributed by atoms with E-state index in [2.05, 4.69) is 6.58 Å². The van der Waals surface area contributed by atoms with E-state index in [0.29, 0.717) is 29.7 Å². The summed E-state index contributed by atoms with van der Waals surface area (Å²) in [6.07, 6.45) is 1.75. The lowest BCUT2D eigenvalue weighted by Gasteiger charge is -2.19. The number of nitrogens with zero attached hydrogens (tertiary/aromatic N) is 1. The monoisotopic (exact) mass is 301 g/mol. The highest BCUT2D eigenvalue weighted by molar-refractivity contribution is 6.42. The summed E-state index contributed by atoms with van der Waals surface area (Å²) in [5.74, 6) is -0.246. The zero-order chi connectivity index (χ0) is 14.3. The van der Waals surface area contributed by atoms with Crippen molar-refractivity contribution in [1.82, 2.24) is 4.90 Å². The highest BCUT2D eigenvalue weighted by Crippen LogP contribution is 2.23. The van der Waals surface area contributed by atoms with Gasteiger partial charge in [0, 0.05) is 13.1 Å². The maximum Gasteiger partial charge on any atom is 0.320 e. The highest BCUT2D eigenvalue weighted by Gasteiger charge is 2.11. The van der Waals surface area contributed by atoms with Gasteiger partial charge in [0.15, 0.2) is 0 Å². The Morgan fingerprint density at radius 2 is 2.16 bits per heavy atom. The zero-order valence-electron chi connectivity index (χ0n) is 10.9. The van der Waals surface area contributed by atoms with Gasteiger partial charge in [-0.15, -0.1) is 6.58 Å². The number of ether oxygens (including phenoxy) is 1. The first kappa shape index (κ1) is 16.0. The third-order valence-electron chi connectivity index (χ3n) is 2.44. The Balaban J connectivity index is 2.68. The van der Waals surface area contributed by atoms with Crippen molar-refractivity contribution < 1.29 is 9.53 Å². The fourth-order valence-corrected chi connectivity index (χ4v) is 1.97. The lowest BCUT2D eigenvalue weighted by molar-refractivity contribution is -0.144. The molecule has 104 valence electrons. The van der Waals surface area contributed by atoms with Crippen molar-refractivity contribution in [2.24, 2.45) is 0 Å². The van der Waals surface area contributed by atoms with E-state index in [1.807, 2.05) is 11.0 Å². The molecular weight excluding hydrogens is 285 g/mol. The molecule has 0 fully saturated rings. The van der Waals surface area contributed by atoms with Gasteiger partial charge in [-0.2, -0.15) is 0 Å². The molecule has 3 nitrogen and oxygen atoms in total. The van der Waals surface area contributed by atoms with Gasteiger partial charge in [-0.25, -0.2) is 0 Å². The molecule has 0 aliphatic carbocycles. The largest absolute Gasteiger partial charge is 0.465 e. The van der Waals surface area contributed by atoms with Crippen LogP contribution in [0.15, 0.2) is 30.9 Å². The summed E-state index contributed by atoms with van der Waals surface area (Å²) in [4.78, 5) is 13.4. The third kappa shape index (κ3) is 5.64. The van der Waals surface area contributed by atoms with Crippen molar-refractivity contribution >= 4 is 29.2 Å². The standard InChI is InChI=1S/C14H17Cl2NO2/c1-3-7-17(10-14(18)19-4-2)9-11-5-6-12(15)13(16)8-11/h3,5-6,8H,1,4,7,9-10H2,2H3. The number of carbonyl (C=O) groups is 1. The van der Waals surface area contributed by atoms with Crippen LogP contribution in [0.4, 0.5) is 0 Å². The average molecular weight is 302 g/mol. The van der Waals surface area contributed by atoms with Crippen LogP contribution in [0, 0.1) is 0 Å². The molecule has 0 spiro atoms. The molecule has 0 aliphatic heterocycles. The van der Waals surface area contributed by atoms with Gasteiger partial charge >= 0.3 is 5.97 Å². The molecular formula is C14H17Cl2NO2. The summed E-state index contributed by atoms with van der Waals surface area (Å²) in [6, 6.07) is 5.43. The lowest BCUT2D eigenvalue weighted by Crippen LogP contribution is -2.30. The van der Waals surface area contributed by atoms with E-state index in [9.17, 15) is 4.79 Å². The van der Waals surface area contributed by atoms with Crippen molar-refractivity contribution in [2.75, 3.05) is 19.7 Å². The van der Waals surface area contributed by atoms with Gasteiger partial charge in [-0.3, -0.25) is 9.69 Å². The van der Waals surface area contributed by atoms with Gasteiger partial charge in [0.25, 0.3) is 0 Å². The maximum atomic E-state index is 11.5. The Labute approximate surface area is 123 Å². The van der Waals surface area contributed by atoms with Crippen LogP contribution in [0.25, 0.3) is 0 Å².